The molecule has 0 spiro atoms. The Bertz CT molecular complexity index is 354. The van der Waals surface area contributed by atoms with Crippen molar-refractivity contribution in [3.63, 3.8) is 0 Å². The third kappa shape index (κ3) is 5.70. The number of esters is 2. The molecule has 0 saturated carbocycles. The van der Waals surface area contributed by atoms with Gasteiger partial charge in [0.1, 0.15) is 12.1 Å². The summed E-state index contributed by atoms with van der Waals surface area (Å²) in [5.41, 5.74) is 0. The molecule has 0 aliphatic carbocycles. The van der Waals surface area contributed by atoms with Crippen LogP contribution in [-0.4, -0.2) is 61.6 Å². The summed E-state index contributed by atoms with van der Waals surface area (Å²) < 4.78 is 8.84. The number of nitrogens with one attached hydrogen (secondary N) is 2. The van der Waals surface area contributed by atoms with Gasteiger partial charge in [0.05, 0.1) is 14.2 Å². The summed E-state index contributed by atoms with van der Waals surface area (Å²) in [6, 6.07) is -2.12. The largest absolute Gasteiger partial charge is 0.467 e. The number of hydrogen-bond donors (Lipinski definition) is 4. The van der Waals surface area contributed by atoms with Crippen LogP contribution in [0.1, 0.15) is 0 Å². The first-order chi connectivity index (χ1) is 9.40. The number of methoxy groups -OCH3 is 2. The fraction of sp³-hybridized carbons (Fsp3) is 0.600. The van der Waals surface area contributed by atoms with E-state index in [-0.39, 0.29) is 11.5 Å². The molecule has 114 valence electrons. The molecule has 8 nitrogen and oxygen atoms in total. The molecule has 0 heterocycles. The number of ether oxygens (including phenoxy) is 2. The number of rotatable bonds is 6. The van der Waals surface area contributed by atoms with Crippen molar-refractivity contribution in [2.24, 2.45) is 0 Å². The van der Waals surface area contributed by atoms with Gasteiger partial charge < -0.3 is 20.1 Å². The molecule has 0 unspecified atom stereocenters. The van der Waals surface area contributed by atoms with Gasteiger partial charge in [-0.1, -0.05) is 0 Å². The number of carbonyl (C=O) groups is 4. The highest BCUT2D eigenvalue weighted by atomic mass is 32.1. The third-order valence-electron chi connectivity index (χ3n) is 2.15. The van der Waals surface area contributed by atoms with Crippen LogP contribution in [0.2, 0.25) is 0 Å². The average Bonchev–Trinajstić information content (AvgIpc) is 2.47. The zero-order chi connectivity index (χ0) is 15.7. The second kappa shape index (κ2) is 9.48. The van der Waals surface area contributed by atoms with Gasteiger partial charge in [-0.05, 0) is 0 Å². The summed E-state index contributed by atoms with van der Waals surface area (Å²) in [4.78, 5) is 45.6. The summed E-state index contributed by atoms with van der Waals surface area (Å²) in [6.07, 6.45) is 0. The minimum absolute atomic E-state index is 0.0430. The quantitative estimate of drug-likeness (QED) is 0.260. The van der Waals surface area contributed by atoms with Crippen molar-refractivity contribution < 1.29 is 28.7 Å². The molecule has 0 fully saturated rings. The zero-order valence-electron chi connectivity index (χ0n) is 10.9. The van der Waals surface area contributed by atoms with Crippen LogP contribution in [0.25, 0.3) is 0 Å². The van der Waals surface area contributed by atoms with Gasteiger partial charge in [-0.2, -0.15) is 25.3 Å². The SMILES string of the molecule is COC(=O)[C@H](CS)NC(=O)C(=O)N[C@@H](CS)C(=O)OC. The van der Waals surface area contributed by atoms with Crippen molar-refractivity contribution in [3.05, 3.63) is 0 Å². The predicted molar refractivity (Wildman–Crippen MR) is 75.6 cm³/mol. The molecule has 0 aromatic heterocycles. The molecule has 2 atom stereocenters. The second-order valence-corrected chi connectivity index (χ2v) is 4.19. The van der Waals surface area contributed by atoms with Crippen molar-refractivity contribution in [3.8, 4) is 0 Å². The lowest BCUT2D eigenvalue weighted by Gasteiger charge is -2.16. The summed E-state index contributed by atoms with van der Waals surface area (Å²) in [5, 5.41) is 4.25. The Balaban J connectivity index is 4.58. The van der Waals surface area contributed by atoms with E-state index in [9.17, 15) is 19.2 Å². The number of hydrogen-bond acceptors (Lipinski definition) is 8. The third-order valence-corrected chi connectivity index (χ3v) is 2.88. The Hall–Kier alpha value is -1.42. The van der Waals surface area contributed by atoms with Crippen molar-refractivity contribution in [1.29, 1.82) is 0 Å². The molecule has 0 aliphatic heterocycles. The van der Waals surface area contributed by atoms with Crippen LogP contribution >= 0.6 is 25.3 Å². The highest BCUT2D eigenvalue weighted by molar-refractivity contribution is 7.80. The first-order valence-electron chi connectivity index (χ1n) is 5.39. The fourth-order valence-corrected chi connectivity index (χ4v) is 1.57. The molecule has 2 N–H and O–H groups in total. The van der Waals surface area contributed by atoms with Gasteiger partial charge in [-0.3, -0.25) is 9.59 Å². The highest BCUT2D eigenvalue weighted by Crippen LogP contribution is 1.94. The minimum atomic E-state index is -1.09. The van der Waals surface area contributed by atoms with Crippen LogP contribution in [0.5, 0.6) is 0 Å². The molecular formula is C10H16N2O6S2. The van der Waals surface area contributed by atoms with E-state index in [0.717, 1.165) is 14.2 Å². The molecule has 0 aliphatic rings. The van der Waals surface area contributed by atoms with Gasteiger partial charge in [0, 0.05) is 11.5 Å². The first kappa shape index (κ1) is 18.6. The fourth-order valence-electron chi connectivity index (χ4n) is 1.09. The van der Waals surface area contributed by atoms with Gasteiger partial charge in [0.25, 0.3) is 0 Å². The van der Waals surface area contributed by atoms with Crippen molar-refractivity contribution >= 4 is 49.0 Å². The summed E-state index contributed by atoms with van der Waals surface area (Å²) in [6.45, 7) is 0. The maximum absolute atomic E-state index is 11.6. The van der Waals surface area contributed by atoms with E-state index in [1.54, 1.807) is 0 Å². The topological polar surface area (TPSA) is 111 Å². The maximum Gasteiger partial charge on any atom is 0.329 e. The van der Waals surface area contributed by atoms with E-state index in [1.165, 1.54) is 0 Å². The van der Waals surface area contributed by atoms with E-state index in [1.807, 2.05) is 0 Å². The van der Waals surface area contributed by atoms with Crippen LogP contribution in [-0.2, 0) is 28.7 Å². The van der Waals surface area contributed by atoms with Crippen molar-refractivity contribution in [1.82, 2.24) is 10.6 Å². The Morgan fingerprint density at radius 1 is 0.850 bits per heavy atom. The zero-order valence-corrected chi connectivity index (χ0v) is 12.7. The first-order valence-corrected chi connectivity index (χ1v) is 6.66. The molecule has 2 amide bonds. The van der Waals surface area contributed by atoms with Crippen LogP contribution < -0.4 is 10.6 Å². The molecule has 0 radical (unpaired) electrons. The summed E-state index contributed by atoms with van der Waals surface area (Å²) in [7, 11) is 2.28. The van der Waals surface area contributed by atoms with Gasteiger partial charge >= 0.3 is 23.8 Å². The number of amides is 2. The lowest BCUT2D eigenvalue weighted by atomic mass is 10.3. The van der Waals surface area contributed by atoms with Crippen LogP contribution in [0.4, 0.5) is 0 Å². The van der Waals surface area contributed by atoms with Crippen molar-refractivity contribution in [2.45, 2.75) is 12.1 Å². The van der Waals surface area contributed by atoms with Gasteiger partial charge in [0.2, 0.25) is 0 Å². The molecule has 20 heavy (non-hydrogen) atoms. The van der Waals surface area contributed by atoms with Crippen LogP contribution in [0, 0.1) is 0 Å². The smallest absolute Gasteiger partial charge is 0.329 e. The van der Waals surface area contributed by atoms with Crippen LogP contribution in [0.3, 0.4) is 0 Å². The van der Waals surface area contributed by atoms with E-state index in [0.29, 0.717) is 0 Å². The predicted octanol–water partition coefficient (Wildman–Crippen LogP) is -1.84. The molecule has 0 saturated heterocycles. The van der Waals surface area contributed by atoms with Gasteiger partial charge in [-0.15, -0.1) is 0 Å². The number of thiol groups is 2. The monoisotopic (exact) mass is 324 g/mol. The Morgan fingerprint density at radius 2 is 1.15 bits per heavy atom. The number of carbonyl (C=O) groups excluding carboxylic acids is 4. The lowest BCUT2D eigenvalue weighted by Crippen LogP contribution is -2.52. The molecule has 10 heteroatoms. The Labute approximate surface area is 126 Å². The van der Waals surface area contributed by atoms with Gasteiger partial charge in [0.15, 0.2) is 0 Å². The van der Waals surface area contributed by atoms with E-state index < -0.39 is 35.8 Å². The minimum Gasteiger partial charge on any atom is -0.467 e. The molecule has 0 aromatic rings. The van der Waals surface area contributed by atoms with Crippen molar-refractivity contribution in [2.75, 3.05) is 25.7 Å². The normalized spacial score (nSPS) is 12.8. The van der Waals surface area contributed by atoms with E-state index >= 15 is 0 Å². The summed E-state index contributed by atoms with van der Waals surface area (Å²) >= 11 is 7.71. The standard InChI is InChI=1S/C10H16N2O6S2/c1-17-9(15)5(3-19)11-7(13)8(14)12-6(4-20)10(16)18-2/h5-6,19-20H,3-4H2,1-2H3,(H,11,13)(H,12,14)/t5-,6-/m0/s1. The maximum atomic E-state index is 11.6. The lowest BCUT2D eigenvalue weighted by molar-refractivity contribution is -0.148. The molecule has 0 aromatic carbocycles. The Kier molecular flexibility index (Phi) is 8.81. The Morgan fingerprint density at radius 3 is 1.35 bits per heavy atom. The molecule has 0 bridgehead atoms. The van der Waals surface area contributed by atoms with E-state index in [2.05, 4.69) is 45.4 Å². The van der Waals surface area contributed by atoms with E-state index in [4.69, 9.17) is 0 Å². The molecule has 0 rings (SSSR count). The molecular weight excluding hydrogens is 308 g/mol. The second-order valence-electron chi connectivity index (χ2n) is 3.46. The highest BCUT2D eigenvalue weighted by Gasteiger charge is 2.27. The van der Waals surface area contributed by atoms with Crippen LogP contribution in [0.15, 0.2) is 0 Å². The van der Waals surface area contributed by atoms with Gasteiger partial charge in [-0.25, -0.2) is 9.59 Å². The summed E-state index contributed by atoms with van der Waals surface area (Å²) in [5.74, 6) is -3.74. The average molecular weight is 324 g/mol.